The van der Waals surface area contributed by atoms with Crippen molar-refractivity contribution in [3.63, 3.8) is 0 Å². The molecule has 0 aromatic heterocycles. The molecule has 0 fully saturated rings. The second kappa shape index (κ2) is 5.54. The van der Waals surface area contributed by atoms with Crippen molar-refractivity contribution in [2.75, 3.05) is 13.2 Å². The van der Waals surface area contributed by atoms with Gasteiger partial charge in [0.1, 0.15) is 5.75 Å². The first kappa shape index (κ1) is 12.4. The maximum atomic E-state index is 5.88. The van der Waals surface area contributed by atoms with Crippen LogP contribution in [-0.2, 0) is 0 Å². The van der Waals surface area contributed by atoms with Crippen molar-refractivity contribution in [1.82, 2.24) is 0 Å². The largest absolute Gasteiger partial charge is 0.493 e. The van der Waals surface area contributed by atoms with Gasteiger partial charge in [-0.15, -0.1) is 0 Å². The van der Waals surface area contributed by atoms with Gasteiger partial charge in [-0.25, -0.2) is 0 Å². The summed E-state index contributed by atoms with van der Waals surface area (Å²) < 4.78 is 5.72. The van der Waals surface area contributed by atoms with E-state index in [1.807, 2.05) is 6.07 Å². The molecule has 17 heavy (non-hydrogen) atoms. The zero-order valence-corrected chi connectivity index (χ0v) is 10.9. The summed E-state index contributed by atoms with van der Waals surface area (Å²) in [5.74, 6) is 2.95. The van der Waals surface area contributed by atoms with Crippen LogP contribution in [0.4, 0.5) is 0 Å². The van der Waals surface area contributed by atoms with Gasteiger partial charge in [0.25, 0.3) is 0 Å². The van der Waals surface area contributed by atoms with Gasteiger partial charge < -0.3 is 10.5 Å². The molecule has 2 nitrogen and oxygen atoms in total. The highest BCUT2D eigenvalue weighted by molar-refractivity contribution is 5.39. The molecule has 1 aromatic rings. The molecular weight excluding hydrogens is 210 g/mol. The third kappa shape index (κ3) is 3.01. The lowest BCUT2D eigenvalue weighted by molar-refractivity contribution is 0.293. The quantitative estimate of drug-likeness (QED) is 0.847. The number of nitrogens with two attached hydrogens (primary N) is 1. The molecule has 1 aromatic carbocycles. The van der Waals surface area contributed by atoms with Crippen LogP contribution in [0.25, 0.3) is 0 Å². The second-order valence-electron chi connectivity index (χ2n) is 5.51. The highest BCUT2D eigenvalue weighted by atomic mass is 16.5. The Balaban J connectivity index is 2.00. The molecule has 2 unspecified atom stereocenters. The minimum absolute atomic E-state index is 0.540. The number of hydrogen-bond acceptors (Lipinski definition) is 2. The predicted molar refractivity (Wildman–Crippen MR) is 71.3 cm³/mol. The van der Waals surface area contributed by atoms with Crippen LogP contribution in [-0.4, -0.2) is 13.2 Å². The van der Waals surface area contributed by atoms with Gasteiger partial charge in [-0.05, 0) is 37.3 Å². The maximum Gasteiger partial charge on any atom is 0.122 e. The smallest absolute Gasteiger partial charge is 0.122 e. The summed E-state index contributed by atoms with van der Waals surface area (Å²) in [5.41, 5.74) is 7.25. The Morgan fingerprint density at radius 2 is 2.12 bits per heavy atom. The molecule has 1 aliphatic rings. The van der Waals surface area contributed by atoms with E-state index in [1.54, 1.807) is 0 Å². The van der Waals surface area contributed by atoms with Crippen LogP contribution >= 0.6 is 0 Å². The Hall–Kier alpha value is -1.02. The van der Waals surface area contributed by atoms with Crippen LogP contribution in [0.2, 0.25) is 0 Å². The fraction of sp³-hybridized carbons (Fsp3) is 0.600. The summed E-state index contributed by atoms with van der Waals surface area (Å²) in [4.78, 5) is 0. The minimum Gasteiger partial charge on any atom is -0.493 e. The Labute approximate surface area is 104 Å². The Bertz CT molecular complexity index is 362. The topological polar surface area (TPSA) is 35.2 Å². The summed E-state index contributed by atoms with van der Waals surface area (Å²) in [7, 11) is 0. The van der Waals surface area contributed by atoms with E-state index in [2.05, 4.69) is 32.0 Å². The van der Waals surface area contributed by atoms with Gasteiger partial charge in [0.15, 0.2) is 0 Å². The normalized spacial score (nSPS) is 20.1. The fourth-order valence-corrected chi connectivity index (χ4v) is 2.78. The number of ether oxygens (including phenoxy) is 1. The van der Waals surface area contributed by atoms with E-state index >= 15 is 0 Å². The number of benzene rings is 1. The molecule has 0 saturated carbocycles. The molecule has 2 rings (SSSR count). The molecule has 94 valence electrons. The molecule has 0 aliphatic carbocycles. The number of rotatable bonds is 5. The van der Waals surface area contributed by atoms with Crippen LogP contribution in [0.1, 0.15) is 38.2 Å². The van der Waals surface area contributed by atoms with E-state index in [9.17, 15) is 0 Å². The predicted octanol–water partition coefficient (Wildman–Crippen LogP) is 3.17. The van der Waals surface area contributed by atoms with Gasteiger partial charge in [-0.3, -0.25) is 0 Å². The molecule has 0 spiro atoms. The summed E-state index contributed by atoms with van der Waals surface area (Å²) >= 11 is 0. The maximum absolute atomic E-state index is 5.88. The average molecular weight is 233 g/mol. The van der Waals surface area contributed by atoms with Crippen molar-refractivity contribution in [3.8, 4) is 5.75 Å². The van der Waals surface area contributed by atoms with E-state index in [-0.39, 0.29) is 0 Å². The molecule has 0 radical (unpaired) electrons. The van der Waals surface area contributed by atoms with Crippen molar-refractivity contribution in [3.05, 3.63) is 29.8 Å². The molecular formula is C15H23NO. The van der Waals surface area contributed by atoms with Gasteiger partial charge in [0.2, 0.25) is 0 Å². The lowest BCUT2D eigenvalue weighted by Crippen LogP contribution is -2.19. The second-order valence-corrected chi connectivity index (χ2v) is 5.51. The van der Waals surface area contributed by atoms with Crippen LogP contribution in [0.15, 0.2) is 24.3 Å². The van der Waals surface area contributed by atoms with Crippen molar-refractivity contribution in [1.29, 1.82) is 0 Å². The van der Waals surface area contributed by atoms with Crippen molar-refractivity contribution >= 4 is 0 Å². The SMILES string of the molecule is CC(C)CC(CN)CC1COc2ccccc21. The van der Waals surface area contributed by atoms with Crippen LogP contribution < -0.4 is 10.5 Å². The number of para-hydroxylation sites is 1. The molecule has 1 aliphatic heterocycles. The van der Waals surface area contributed by atoms with Crippen LogP contribution in [0.5, 0.6) is 5.75 Å². The molecule has 2 atom stereocenters. The number of fused-ring (bicyclic) bond motifs is 1. The van der Waals surface area contributed by atoms with Crippen molar-refractivity contribution < 1.29 is 4.74 Å². The van der Waals surface area contributed by atoms with Crippen molar-refractivity contribution in [2.24, 2.45) is 17.6 Å². The molecule has 0 amide bonds. The molecule has 0 saturated heterocycles. The first-order valence-corrected chi connectivity index (χ1v) is 6.62. The molecule has 1 heterocycles. The number of hydrogen-bond donors (Lipinski definition) is 1. The van der Waals surface area contributed by atoms with E-state index in [0.29, 0.717) is 11.8 Å². The third-order valence-electron chi connectivity index (χ3n) is 3.55. The highest BCUT2D eigenvalue weighted by Gasteiger charge is 2.26. The van der Waals surface area contributed by atoms with Gasteiger partial charge in [0.05, 0.1) is 6.61 Å². The van der Waals surface area contributed by atoms with Gasteiger partial charge in [-0.1, -0.05) is 32.0 Å². The van der Waals surface area contributed by atoms with E-state index < -0.39 is 0 Å². The fourth-order valence-electron chi connectivity index (χ4n) is 2.78. The third-order valence-corrected chi connectivity index (χ3v) is 3.55. The lowest BCUT2D eigenvalue weighted by atomic mass is 9.86. The van der Waals surface area contributed by atoms with Gasteiger partial charge in [0, 0.05) is 11.5 Å². The van der Waals surface area contributed by atoms with Gasteiger partial charge in [-0.2, -0.15) is 0 Å². The monoisotopic (exact) mass is 233 g/mol. The van der Waals surface area contributed by atoms with Gasteiger partial charge >= 0.3 is 0 Å². The zero-order chi connectivity index (χ0) is 12.3. The first-order valence-electron chi connectivity index (χ1n) is 6.62. The van der Waals surface area contributed by atoms with E-state index in [0.717, 1.165) is 31.2 Å². The zero-order valence-electron chi connectivity index (χ0n) is 10.9. The summed E-state index contributed by atoms with van der Waals surface area (Å²) in [6, 6.07) is 8.39. The van der Waals surface area contributed by atoms with Crippen LogP contribution in [0, 0.1) is 11.8 Å². The van der Waals surface area contributed by atoms with Crippen molar-refractivity contribution in [2.45, 2.75) is 32.6 Å². The van der Waals surface area contributed by atoms with Crippen LogP contribution in [0.3, 0.4) is 0 Å². The molecule has 2 heteroatoms. The highest BCUT2D eigenvalue weighted by Crippen LogP contribution is 2.37. The Morgan fingerprint density at radius 3 is 2.82 bits per heavy atom. The summed E-state index contributed by atoms with van der Waals surface area (Å²) in [6.07, 6.45) is 2.38. The van der Waals surface area contributed by atoms with E-state index in [1.165, 1.54) is 12.0 Å². The summed E-state index contributed by atoms with van der Waals surface area (Å²) in [6.45, 7) is 6.15. The lowest BCUT2D eigenvalue weighted by Gasteiger charge is -2.20. The van der Waals surface area contributed by atoms with E-state index in [4.69, 9.17) is 10.5 Å². The average Bonchev–Trinajstić information content (AvgIpc) is 2.71. The minimum atomic E-state index is 0.540. The Kier molecular flexibility index (Phi) is 4.06. The molecule has 0 bridgehead atoms. The Morgan fingerprint density at radius 1 is 1.35 bits per heavy atom. The first-order chi connectivity index (χ1) is 8.20. The molecule has 2 N–H and O–H groups in total. The summed E-state index contributed by atoms with van der Waals surface area (Å²) in [5, 5.41) is 0. The standard InChI is InChI=1S/C15H23NO/c1-11(2)7-12(9-16)8-13-10-17-15-6-4-3-5-14(13)15/h3-6,11-13H,7-10,16H2,1-2H3.